The number of hydrogen-bond donors (Lipinski definition) is 9. The quantitative estimate of drug-likeness (QED) is 0.236. The summed E-state index contributed by atoms with van der Waals surface area (Å²) in [6, 6.07) is 0. The summed E-state index contributed by atoms with van der Waals surface area (Å²) in [5, 5.41) is 84.1. The second-order valence-electron chi connectivity index (χ2n) is 4.68. The monoisotopic (exact) mass is 300 g/mol. The van der Waals surface area contributed by atoms with Crippen molar-refractivity contribution in [2.75, 3.05) is 6.61 Å². The van der Waals surface area contributed by atoms with E-state index in [-0.39, 0.29) is 0 Å². The van der Waals surface area contributed by atoms with Gasteiger partial charge in [-0.05, 0) is 0 Å². The fourth-order valence-corrected chi connectivity index (χ4v) is 1.90. The van der Waals surface area contributed by atoms with Crippen LogP contribution in [-0.4, -0.2) is 108 Å². The van der Waals surface area contributed by atoms with Crippen molar-refractivity contribution in [1.29, 1.82) is 0 Å². The van der Waals surface area contributed by atoms with Crippen LogP contribution in [0.5, 0.6) is 0 Å². The van der Waals surface area contributed by atoms with Gasteiger partial charge in [-0.1, -0.05) is 0 Å². The van der Waals surface area contributed by atoms with Gasteiger partial charge in [-0.25, -0.2) is 0 Å². The minimum Gasteiger partial charge on any atom is -0.394 e. The minimum atomic E-state index is -2.04. The van der Waals surface area contributed by atoms with Crippen LogP contribution in [0.4, 0.5) is 0 Å². The molecule has 0 saturated carbocycles. The highest BCUT2D eigenvalue weighted by molar-refractivity contribution is 4.96. The molecule has 0 spiro atoms. The zero-order valence-corrected chi connectivity index (χ0v) is 10.3. The first-order chi connectivity index (χ1) is 9.22. The van der Waals surface area contributed by atoms with E-state index in [0.29, 0.717) is 0 Å². The Morgan fingerprint density at radius 1 is 0.800 bits per heavy atom. The third-order valence-corrected chi connectivity index (χ3v) is 3.24. The first-order valence-electron chi connectivity index (χ1n) is 5.93. The molecule has 0 aromatic heterocycles. The Labute approximate surface area is 113 Å². The molecule has 1 heterocycles. The van der Waals surface area contributed by atoms with E-state index in [1.165, 1.54) is 0 Å². The van der Waals surface area contributed by atoms with Crippen molar-refractivity contribution in [2.24, 2.45) is 0 Å². The summed E-state index contributed by atoms with van der Waals surface area (Å²) in [5.41, 5.74) is 0. The summed E-state index contributed by atoms with van der Waals surface area (Å²) >= 11 is 0. The smallest absolute Gasteiger partial charge is 0.184 e. The molecule has 0 amide bonds. The van der Waals surface area contributed by atoms with Crippen molar-refractivity contribution in [3.63, 3.8) is 0 Å². The molecule has 10 heteroatoms. The summed E-state index contributed by atoms with van der Waals surface area (Å²) in [5.74, 6) is 0. The standard InChI is InChI=1S/C10H20O10/c11-1-2(12)3(13)4(14)6(16)9-7(17)5(15)8(18)10(19)20-9/h2-19H,1H2/t2-,3-,4+,5+,6+,7+,8+,9-,10?/m1/s1. The maximum absolute atomic E-state index is 9.76. The molecule has 1 aliphatic heterocycles. The number of aliphatic hydroxyl groups excluding tert-OH is 9. The Hall–Kier alpha value is -0.400. The molecule has 10 nitrogen and oxygen atoms in total. The van der Waals surface area contributed by atoms with Crippen molar-refractivity contribution < 1.29 is 50.7 Å². The maximum Gasteiger partial charge on any atom is 0.184 e. The molecule has 9 atom stereocenters. The molecular formula is C10H20O10. The average Bonchev–Trinajstić information content (AvgIpc) is 2.45. The third-order valence-electron chi connectivity index (χ3n) is 3.24. The van der Waals surface area contributed by atoms with Crippen LogP contribution in [-0.2, 0) is 4.74 Å². The van der Waals surface area contributed by atoms with E-state index in [1.54, 1.807) is 0 Å². The Kier molecular flexibility index (Phi) is 6.22. The molecule has 1 aliphatic rings. The zero-order valence-electron chi connectivity index (χ0n) is 10.3. The highest BCUT2D eigenvalue weighted by Gasteiger charge is 2.48. The lowest BCUT2D eigenvalue weighted by Crippen LogP contribution is -2.63. The lowest BCUT2D eigenvalue weighted by molar-refractivity contribution is -0.306. The van der Waals surface area contributed by atoms with E-state index in [4.69, 9.17) is 10.2 Å². The summed E-state index contributed by atoms with van der Waals surface area (Å²) < 4.78 is 4.66. The summed E-state index contributed by atoms with van der Waals surface area (Å²) in [7, 11) is 0. The van der Waals surface area contributed by atoms with Crippen molar-refractivity contribution in [3.8, 4) is 0 Å². The molecule has 0 radical (unpaired) electrons. The molecule has 1 fully saturated rings. The minimum absolute atomic E-state index is 0.886. The topological polar surface area (TPSA) is 191 Å². The molecule has 20 heavy (non-hydrogen) atoms. The van der Waals surface area contributed by atoms with Crippen LogP contribution < -0.4 is 0 Å². The van der Waals surface area contributed by atoms with Crippen LogP contribution in [0.1, 0.15) is 0 Å². The number of ether oxygens (including phenoxy) is 1. The predicted molar refractivity (Wildman–Crippen MR) is 60.0 cm³/mol. The van der Waals surface area contributed by atoms with E-state index in [1.807, 2.05) is 0 Å². The Balaban J connectivity index is 2.77. The van der Waals surface area contributed by atoms with E-state index in [2.05, 4.69) is 4.74 Å². The van der Waals surface area contributed by atoms with Gasteiger partial charge in [0.05, 0.1) is 6.61 Å². The van der Waals surface area contributed by atoms with E-state index in [0.717, 1.165) is 0 Å². The van der Waals surface area contributed by atoms with Crippen LogP contribution in [0.15, 0.2) is 0 Å². The fraction of sp³-hybridized carbons (Fsp3) is 1.00. The summed E-state index contributed by atoms with van der Waals surface area (Å²) in [4.78, 5) is 0. The third kappa shape index (κ3) is 3.43. The Morgan fingerprint density at radius 2 is 1.35 bits per heavy atom. The van der Waals surface area contributed by atoms with E-state index in [9.17, 15) is 35.7 Å². The molecule has 0 aromatic carbocycles. The highest BCUT2D eigenvalue weighted by Crippen LogP contribution is 2.24. The van der Waals surface area contributed by atoms with Crippen LogP contribution in [0.2, 0.25) is 0 Å². The van der Waals surface area contributed by atoms with Gasteiger partial charge in [0.15, 0.2) is 6.29 Å². The molecule has 1 unspecified atom stereocenters. The highest BCUT2D eigenvalue weighted by atomic mass is 16.6. The predicted octanol–water partition coefficient (Wildman–Crippen LogP) is -5.78. The second kappa shape index (κ2) is 7.04. The van der Waals surface area contributed by atoms with Crippen molar-refractivity contribution in [1.82, 2.24) is 0 Å². The second-order valence-corrected chi connectivity index (χ2v) is 4.68. The lowest BCUT2D eigenvalue weighted by Gasteiger charge is -2.41. The van der Waals surface area contributed by atoms with Crippen LogP contribution in [0, 0.1) is 0 Å². The van der Waals surface area contributed by atoms with Gasteiger partial charge in [-0.15, -0.1) is 0 Å². The Bertz CT molecular complexity index is 302. The summed E-state index contributed by atoms with van der Waals surface area (Å²) in [6.07, 6.45) is -16.9. The molecule has 0 bridgehead atoms. The molecule has 1 saturated heterocycles. The average molecular weight is 300 g/mol. The molecular weight excluding hydrogens is 280 g/mol. The number of rotatable bonds is 5. The molecule has 120 valence electrons. The van der Waals surface area contributed by atoms with Crippen LogP contribution in [0.25, 0.3) is 0 Å². The van der Waals surface area contributed by atoms with Gasteiger partial charge in [0.2, 0.25) is 0 Å². The number of aliphatic hydroxyl groups is 9. The van der Waals surface area contributed by atoms with Crippen molar-refractivity contribution in [2.45, 2.75) is 55.1 Å². The van der Waals surface area contributed by atoms with Crippen LogP contribution in [0.3, 0.4) is 0 Å². The fourth-order valence-electron chi connectivity index (χ4n) is 1.90. The van der Waals surface area contributed by atoms with E-state index < -0.39 is 61.7 Å². The molecule has 0 aromatic rings. The van der Waals surface area contributed by atoms with Gasteiger partial charge in [0.1, 0.15) is 48.8 Å². The van der Waals surface area contributed by atoms with Gasteiger partial charge in [0, 0.05) is 0 Å². The zero-order chi connectivity index (χ0) is 15.6. The molecule has 1 rings (SSSR count). The van der Waals surface area contributed by atoms with Crippen molar-refractivity contribution >= 4 is 0 Å². The Morgan fingerprint density at radius 3 is 1.85 bits per heavy atom. The SMILES string of the molecule is OC[C@@H](O)[C@@H](O)[C@H](O)[C@H](O)[C@H]1OC(O)[C@@H](O)[C@@H](O)[C@@H]1O. The largest absolute Gasteiger partial charge is 0.394 e. The first-order valence-corrected chi connectivity index (χ1v) is 5.93. The normalized spacial score (nSPS) is 41.0. The molecule has 9 N–H and O–H groups in total. The van der Waals surface area contributed by atoms with E-state index >= 15 is 0 Å². The molecule has 0 aliphatic carbocycles. The van der Waals surface area contributed by atoms with Gasteiger partial charge < -0.3 is 50.7 Å². The number of hydrogen-bond acceptors (Lipinski definition) is 10. The maximum atomic E-state index is 9.76. The summed E-state index contributed by atoms with van der Waals surface area (Å²) in [6.45, 7) is -0.886. The van der Waals surface area contributed by atoms with Gasteiger partial charge in [0.25, 0.3) is 0 Å². The van der Waals surface area contributed by atoms with Gasteiger partial charge >= 0.3 is 0 Å². The van der Waals surface area contributed by atoms with Gasteiger partial charge in [-0.3, -0.25) is 0 Å². The van der Waals surface area contributed by atoms with Crippen molar-refractivity contribution in [3.05, 3.63) is 0 Å². The lowest BCUT2D eigenvalue weighted by atomic mass is 9.90. The van der Waals surface area contributed by atoms with Crippen LogP contribution >= 0.6 is 0 Å². The first kappa shape index (κ1) is 17.7. The van der Waals surface area contributed by atoms with Gasteiger partial charge in [-0.2, -0.15) is 0 Å².